The molecule has 0 atom stereocenters. The third-order valence-electron chi connectivity index (χ3n) is 4.11. The molecule has 0 unspecified atom stereocenters. The van der Waals surface area contributed by atoms with Gasteiger partial charge in [0.05, 0.1) is 37.3 Å². The number of fused-ring (bicyclic) bond motifs is 1. The van der Waals surface area contributed by atoms with Crippen LogP contribution in [-0.4, -0.2) is 47.8 Å². The summed E-state index contributed by atoms with van der Waals surface area (Å²) in [7, 11) is -3.22. The number of benzene rings is 1. The average Bonchev–Trinajstić information content (AvgIpc) is 2.99. The smallest absolute Gasteiger partial charge is 0.258 e. The van der Waals surface area contributed by atoms with E-state index >= 15 is 0 Å². The Labute approximate surface area is 152 Å². The number of aryl methyl sites for hydroxylation is 1. The minimum Gasteiger partial charge on any atom is -0.484 e. The molecule has 1 N–H and O–H groups in total. The number of carbonyl (C=O) groups is 1. The number of nitrogens with one attached hydrogen (secondary N) is 1. The Hall–Kier alpha value is -2.39. The van der Waals surface area contributed by atoms with E-state index < -0.39 is 10.0 Å². The first-order valence-corrected chi connectivity index (χ1v) is 10.1. The van der Waals surface area contributed by atoms with Gasteiger partial charge in [-0.25, -0.2) is 8.42 Å². The molecule has 0 bridgehead atoms. The van der Waals surface area contributed by atoms with E-state index in [1.54, 1.807) is 10.7 Å². The summed E-state index contributed by atoms with van der Waals surface area (Å²) in [6, 6.07) is 9.32. The van der Waals surface area contributed by atoms with Crippen molar-refractivity contribution in [3.05, 3.63) is 47.3 Å². The van der Waals surface area contributed by atoms with Crippen LogP contribution in [0.1, 0.15) is 17.0 Å². The third kappa shape index (κ3) is 4.61. The summed E-state index contributed by atoms with van der Waals surface area (Å²) in [5.74, 6) is 0.411. The number of hydrogen-bond donors (Lipinski definition) is 1. The molecule has 26 heavy (non-hydrogen) atoms. The fraction of sp³-hybridized carbons (Fsp3) is 0.412. The lowest BCUT2D eigenvalue weighted by molar-refractivity contribution is -0.123. The molecule has 0 radical (unpaired) electrons. The first kappa shape index (κ1) is 18.4. The summed E-state index contributed by atoms with van der Waals surface area (Å²) >= 11 is 0. The van der Waals surface area contributed by atoms with Crippen molar-refractivity contribution < 1.29 is 17.9 Å². The molecular weight excluding hydrogens is 356 g/mol. The lowest BCUT2D eigenvalue weighted by atomic mass is 10.2. The van der Waals surface area contributed by atoms with Gasteiger partial charge in [-0.05, 0) is 30.7 Å². The topological polar surface area (TPSA) is 93.5 Å². The number of amides is 1. The summed E-state index contributed by atoms with van der Waals surface area (Å²) in [4.78, 5) is 11.9. The fourth-order valence-corrected chi connectivity index (χ4v) is 3.55. The van der Waals surface area contributed by atoms with Gasteiger partial charge in [0.1, 0.15) is 5.75 Å². The Balaban J connectivity index is 1.51. The number of ether oxygens (including phenoxy) is 1. The number of nitrogens with zero attached hydrogens (tertiary/aromatic N) is 3. The summed E-state index contributed by atoms with van der Waals surface area (Å²) in [6.45, 7) is 3.37. The highest BCUT2D eigenvalue weighted by atomic mass is 32.2. The summed E-state index contributed by atoms with van der Waals surface area (Å²) < 4.78 is 32.0. The number of rotatable bonds is 6. The third-order valence-corrected chi connectivity index (χ3v) is 5.36. The van der Waals surface area contributed by atoms with E-state index in [-0.39, 0.29) is 19.1 Å². The van der Waals surface area contributed by atoms with E-state index in [0.29, 0.717) is 31.1 Å². The maximum Gasteiger partial charge on any atom is 0.258 e. The zero-order valence-corrected chi connectivity index (χ0v) is 15.6. The second kappa shape index (κ2) is 7.46. The normalized spacial score (nSPS) is 14.7. The van der Waals surface area contributed by atoms with Gasteiger partial charge in [0.25, 0.3) is 5.91 Å². The van der Waals surface area contributed by atoms with Gasteiger partial charge in [-0.3, -0.25) is 9.48 Å². The monoisotopic (exact) mass is 378 g/mol. The molecule has 9 heteroatoms. The molecule has 0 saturated heterocycles. The maximum absolute atomic E-state index is 11.9. The molecule has 0 fully saturated rings. The number of hydrogen-bond acceptors (Lipinski definition) is 5. The summed E-state index contributed by atoms with van der Waals surface area (Å²) in [6.07, 6.45) is 1.20. The maximum atomic E-state index is 11.9. The molecule has 0 spiro atoms. The zero-order chi connectivity index (χ0) is 18.7. The quantitative estimate of drug-likeness (QED) is 0.797. The minimum absolute atomic E-state index is 0.0706. The van der Waals surface area contributed by atoms with Crippen LogP contribution in [0.5, 0.6) is 5.75 Å². The summed E-state index contributed by atoms with van der Waals surface area (Å²) in [5, 5.41) is 7.17. The van der Waals surface area contributed by atoms with Crippen LogP contribution in [0.4, 0.5) is 0 Å². The first-order valence-electron chi connectivity index (χ1n) is 8.28. The minimum atomic E-state index is -3.22. The number of aromatic nitrogens is 2. The van der Waals surface area contributed by atoms with Crippen LogP contribution in [0.2, 0.25) is 0 Å². The highest BCUT2D eigenvalue weighted by Gasteiger charge is 2.24. The van der Waals surface area contributed by atoms with Crippen LogP contribution in [0.25, 0.3) is 0 Å². The van der Waals surface area contributed by atoms with Crippen LogP contribution >= 0.6 is 0 Å². The van der Waals surface area contributed by atoms with Crippen molar-refractivity contribution in [3.63, 3.8) is 0 Å². The predicted octanol–water partition coefficient (Wildman–Crippen LogP) is 0.662. The van der Waals surface area contributed by atoms with E-state index in [4.69, 9.17) is 4.74 Å². The van der Waals surface area contributed by atoms with Crippen LogP contribution in [0, 0.1) is 6.92 Å². The van der Waals surface area contributed by atoms with Gasteiger partial charge in [0.15, 0.2) is 6.61 Å². The predicted molar refractivity (Wildman–Crippen MR) is 96.0 cm³/mol. The second-order valence-electron chi connectivity index (χ2n) is 6.33. The fourth-order valence-electron chi connectivity index (χ4n) is 2.77. The molecular formula is C17H22N4O4S. The van der Waals surface area contributed by atoms with E-state index in [9.17, 15) is 13.2 Å². The molecule has 0 aliphatic carbocycles. The molecule has 1 aliphatic heterocycles. The molecule has 1 amide bonds. The Morgan fingerprint density at radius 1 is 1.31 bits per heavy atom. The van der Waals surface area contributed by atoms with Crippen molar-refractivity contribution in [2.45, 2.75) is 26.6 Å². The van der Waals surface area contributed by atoms with Crippen molar-refractivity contribution >= 4 is 15.9 Å². The molecule has 1 aliphatic rings. The highest BCUT2D eigenvalue weighted by Crippen LogP contribution is 2.16. The lowest BCUT2D eigenvalue weighted by Gasteiger charge is -2.25. The number of sulfonamides is 1. The van der Waals surface area contributed by atoms with Crippen molar-refractivity contribution in [3.8, 4) is 5.75 Å². The second-order valence-corrected chi connectivity index (χ2v) is 8.31. The van der Waals surface area contributed by atoms with Gasteiger partial charge in [0, 0.05) is 6.54 Å². The molecule has 1 aromatic heterocycles. The molecule has 0 saturated carbocycles. The van der Waals surface area contributed by atoms with Crippen LogP contribution < -0.4 is 10.1 Å². The molecule has 1 aromatic carbocycles. The van der Waals surface area contributed by atoms with Crippen molar-refractivity contribution in [2.75, 3.05) is 19.4 Å². The molecule has 3 rings (SSSR count). The summed E-state index contributed by atoms with van der Waals surface area (Å²) in [5.41, 5.74) is 2.58. The van der Waals surface area contributed by atoms with Crippen LogP contribution in [0.3, 0.4) is 0 Å². The van der Waals surface area contributed by atoms with Crippen molar-refractivity contribution in [1.82, 2.24) is 19.4 Å². The van der Waals surface area contributed by atoms with E-state index in [1.165, 1.54) is 10.6 Å². The SMILES string of the molecule is Cc1cccc(OCC(=O)NCc2cc3n(n2)CCN(S(C)(=O)=O)C3)c1. The van der Waals surface area contributed by atoms with E-state index in [2.05, 4.69) is 10.4 Å². The van der Waals surface area contributed by atoms with Gasteiger partial charge < -0.3 is 10.1 Å². The Morgan fingerprint density at radius 2 is 2.12 bits per heavy atom. The van der Waals surface area contributed by atoms with Gasteiger partial charge in [-0.1, -0.05) is 12.1 Å². The Bertz CT molecular complexity index is 907. The van der Waals surface area contributed by atoms with E-state index in [0.717, 1.165) is 11.3 Å². The van der Waals surface area contributed by atoms with Gasteiger partial charge in [-0.15, -0.1) is 0 Å². The lowest BCUT2D eigenvalue weighted by Crippen LogP contribution is -2.37. The highest BCUT2D eigenvalue weighted by molar-refractivity contribution is 7.88. The van der Waals surface area contributed by atoms with Crippen LogP contribution in [0.15, 0.2) is 30.3 Å². The molecule has 140 valence electrons. The van der Waals surface area contributed by atoms with Gasteiger partial charge >= 0.3 is 0 Å². The van der Waals surface area contributed by atoms with Crippen molar-refractivity contribution in [1.29, 1.82) is 0 Å². The standard InChI is InChI=1S/C17H22N4O4S/c1-13-4-3-5-16(8-13)25-12-17(22)18-10-14-9-15-11-20(26(2,23)24)6-7-21(15)19-14/h3-5,8-9H,6-7,10-12H2,1-2H3,(H,18,22). The Kier molecular flexibility index (Phi) is 5.28. The zero-order valence-electron chi connectivity index (χ0n) is 14.8. The average molecular weight is 378 g/mol. The van der Waals surface area contributed by atoms with Crippen LogP contribution in [-0.2, 0) is 34.5 Å². The first-order chi connectivity index (χ1) is 12.3. The molecule has 2 heterocycles. The molecule has 8 nitrogen and oxygen atoms in total. The van der Waals surface area contributed by atoms with E-state index in [1.807, 2.05) is 31.2 Å². The van der Waals surface area contributed by atoms with Gasteiger partial charge in [-0.2, -0.15) is 9.40 Å². The number of carbonyl (C=O) groups excluding carboxylic acids is 1. The van der Waals surface area contributed by atoms with Gasteiger partial charge in [0.2, 0.25) is 10.0 Å². The Morgan fingerprint density at radius 3 is 2.85 bits per heavy atom. The molecule has 2 aromatic rings. The largest absolute Gasteiger partial charge is 0.484 e. The van der Waals surface area contributed by atoms with Crippen molar-refractivity contribution in [2.24, 2.45) is 0 Å².